The molecule has 0 heterocycles. The van der Waals surface area contributed by atoms with E-state index in [0.717, 1.165) is 12.1 Å². The molecule has 90 valence electrons. The van der Waals surface area contributed by atoms with Crippen LogP contribution in [0, 0.1) is 0 Å². The van der Waals surface area contributed by atoms with Crippen molar-refractivity contribution in [3.05, 3.63) is 23.2 Å². The lowest BCUT2D eigenvalue weighted by Crippen LogP contribution is -2.16. The summed E-state index contributed by atoms with van der Waals surface area (Å²) in [6.45, 7) is 4.35. The normalized spacial score (nSPS) is 12.4. The minimum atomic E-state index is 0.433. The molecule has 2 nitrogen and oxygen atoms in total. The first kappa shape index (κ1) is 13.5. The summed E-state index contributed by atoms with van der Waals surface area (Å²) in [5.41, 5.74) is 7.55. The quantitative estimate of drug-likeness (QED) is 0.601. The highest BCUT2D eigenvalue weighted by molar-refractivity contribution is 7.99. The molecule has 0 aliphatic heterocycles. The lowest BCUT2D eigenvalue weighted by atomic mass is 10.2. The highest BCUT2D eigenvalue weighted by Gasteiger charge is 2.04. The van der Waals surface area contributed by atoms with Crippen LogP contribution in [0.25, 0.3) is 0 Å². The SMILES string of the molecule is CCSCCC(C)Nc1ccc(Cl)cc1N. The molecular formula is C12H19ClN2S. The molecular weight excluding hydrogens is 240 g/mol. The van der Waals surface area contributed by atoms with Crippen LogP contribution in [0.1, 0.15) is 20.3 Å². The molecule has 16 heavy (non-hydrogen) atoms. The number of hydrogen-bond acceptors (Lipinski definition) is 3. The van der Waals surface area contributed by atoms with Crippen molar-refractivity contribution in [3.8, 4) is 0 Å². The Morgan fingerprint density at radius 2 is 2.25 bits per heavy atom. The molecule has 0 aliphatic carbocycles. The topological polar surface area (TPSA) is 38.0 Å². The number of thioether (sulfide) groups is 1. The van der Waals surface area contributed by atoms with E-state index >= 15 is 0 Å². The predicted molar refractivity (Wildman–Crippen MR) is 76.6 cm³/mol. The van der Waals surface area contributed by atoms with E-state index in [1.54, 1.807) is 6.07 Å². The van der Waals surface area contributed by atoms with Crippen LogP contribution in [0.2, 0.25) is 5.02 Å². The molecule has 0 bridgehead atoms. The molecule has 0 amide bonds. The van der Waals surface area contributed by atoms with Gasteiger partial charge in [-0.3, -0.25) is 0 Å². The number of rotatable bonds is 6. The number of nitrogen functional groups attached to an aromatic ring is 1. The summed E-state index contributed by atoms with van der Waals surface area (Å²) >= 11 is 7.81. The Kier molecular flexibility index (Phi) is 5.85. The number of hydrogen-bond donors (Lipinski definition) is 2. The smallest absolute Gasteiger partial charge is 0.0577 e. The van der Waals surface area contributed by atoms with Gasteiger partial charge in [-0.25, -0.2) is 0 Å². The second kappa shape index (κ2) is 6.92. The Hall–Kier alpha value is -0.540. The minimum absolute atomic E-state index is 0.433. The predicted octanol–water partition coefficient (Wildman–Crippen LogP) is 3.87. The monoisotopic (exact) mass is 258 g/mol. The lowest BCUT2D eigenvalue weighted by Gasteiger charge is -2.16. The van der Waals surface area contributed by atoms with Gasteiger partial charge in [0.1, 0.15) is 0 Å². The average molecular weight is 259 g/mol. The first-order valence-electron chi connectivity index (χ1n) is 5.52. The molecule has 1 aromatic carbocycles. The van der Waals surface area contributed by atoms with Crippen molar-refractivity contribution < 1.29 is 0 Å². The van der Waals surface area contributed by atoms with Gasteiger partial charge in [0.05, 0.1) is 11.4 Å². The van der Waals surface area contributed by atoms with Gasteiger partial charge < -0.3 is 11.1 Å². The van der Waals surface area contributed by atoms with E-state index in [-0.39, 0.29) is 0 Å². The third kappa shape index (κ3) is 4.54. The van der Waals surface area contributed by atoms with Gasteiger partial charge in [-0.2, -0.15) is 11.8 Å². The van der Waals surface area contributed by atoms with E-state index in [1.165, 1.54) is 11.5 Å². The van der Waals surface area contributed by atoms with Crippen LogP contribution >= 0.6 is 23.4 Å². The van der Waals surface area contributed by atoms with E-state index in [2.05, 4.69) is 19.2 Å². The number of benzene rings is 1. The fourth-order valence-electron chi connectivity index (χ4n) is 1.41. The fourth-order valence-corrected chi connectivity index (χ4v) is 2.40. The van der Waals surface area contributed by atoms with E-state index in [9.17, 15) is 0 Å². The zero-order chi connectivity index (χ0) is 12.0. The molecule has 0 fully saturated rings. The molecule has 0 aromatic heterocycles. The first-order valence-corrected chi connectivity index (χ1v) is 7.06. The van der Waals surface area contributed by atoms with Gasteiger partial charge in [-0.1, -0.05) is 18.5 Å². The molecule has 1 aromatic rings. The summed E-state index contributed by atoms with van der Waals surface area (Å²) in [7, 11) is 0. The number of nitrogens with two attached hydrogens (primary N) is 1. The van der Waals surface area contributed by atoms with Gasteiger partial charge in [-0.05, 0) is 43.0 Å². The summed E-state index contributed by atoms with van der Waals surface area (Å²) in [6.07, 6.45) is 1.14. The van der Waals surface area contributed by atoms with E-state index in [0.29, 0.717) is 16.8 Å². The molecule has 0 saturated heterocycles. The van der Waals surface area contributed by atoms with E-state index < -0.39 is 0 Å². The van der Waals surface area contributed by atoms with E-state index in [1.807, 2.05) is 23.9 Å². The van der Waals surface area contributed by atoms with Crippen LogP contribution in [0.5, 0.6) is 0 Å². The van der Waals surface area contributed by atoms with Crippen molar-refractivity contribution in [1.82, 2.24) is 0 Å². The van der Waals surface area contributed by atoms with Gasteiger partial charge in [0, 0.05) is 11.1 Å². The third-order valence-electron chi connectivity index (χ3n) is 2.31. The largest absolute Gasteiger partial charge is 0.397 e. The van der Waals surface area contributed by atoms with Crippen molar-refractivity contribution in [2.75, 3.05) is 22.6 Å². The Morgan fingerprint density at radius 3 is 2.88 bits per heavy atom. The lowest BCUT2D eigenvalue weighted by molar-refractivity contribution is 0.772. The maximum Gasteiger partial charge on any atom is 0.0577 e. The Morgan fingerprint density at radius 1 is 1.50 bits per heavy atom. The highest BCUT2D eigenvalue weighted by atomic mass is 35.5. The van der Waals surface area contributed by atoms with Crippen LogP contribution in [0.4, 0.5) is 11.4 Å². The zero-order valence-corrected chi connectivity index (χ0v) is 11.4. The molecule has 1 unspecified atom stereocenters. The van der Waals surface area contributed by atoms with Crippen molar-refractivity contribution in [2.24, 2.45) is 0 Å². The summed E-state index contributed by atoms with van der Waals surface area (Å²) in [5, 5.41) is 4.08. The number of anilines is 2. The van der Waals surface area contributed by atoms with Gasteiger partial charge >= 0.3 is 0 Å². The Balaban J connectivity index is 2.46. The highest BCUT2D eigenvalue weighted by Crippen LogP contribution is 2.23. The Bertz CT molecular complexity index is 331. The zero-order valence-electron chi connectivity index (χ0n) is 9.79. The fraction of sp³-hybridized carbons (Fsp3) is 0.500. The average Bonchev–Trinajstić information content (AvgIpc) is 2.23. The van der Waals surface area contributed by atoms with Crippen molar-refractivity contribution in [1.29, 1.82) is 0 Å². The Labute approximate surface area is 107 Å². The van der Waals surface area contributed by atoms with Gasteiger partial charge in [0.2, 0.25) is 0 Å². The van der Waals surface area contributed by atoms with Crippen LogP contribution < -0.4 is 11.1 Å². The van der Waals surface area contributed by atoms with Gasteiger partial charge in [0.25, 0.3) is 0 Å². The molecule has 0 saturated carbocycles. The van der Waals surface area contributed by atoms with Crippen molar-refractivity contribution >= 4 is 34.7 Å². The van der Waals surface area contributed by atoms with Crippen molar-refractivity contribution in [2.45, 2.75) is 26.3 Å². The first-order chi connectivity index (χ1) is 7.63. The molecule has 3 N–H and O–H groups in total. The second-order valence-electron chi connectivity index (χ2n) is 3.76. The molecule has 0 aliphatic rings. The molecule has 0 radical (unpaired) electrons. The summed E-state index contributed by atoms with van der Waals surface area (Å²) < 4.78 is 0. The standard InChI is InChI=1S/C12H19ClN2S/c1-3-16-7-6-9(2)15-12-5-4-10(13)8-11(12)14/h4-5,8-9,15H,3,6-7,14H2,1-2H3. The summed E-state index contributed by atoms with van der Waals surface area (Å²) in [4.78, 5) is 0. The summed E-state index contributed by atoms with van der Waals surface area (Å²) in [5.74, 6) is 2.36. The molecule has 4 heteroatoms. The van der Waals surface area contributed by atoms with Crippen LogP contribution in [0.15, 0.2) is 18.2 Å². The number of halogens is 1. The van der Waals surface area contributed by atoms with Gasteiger partial charge in [-0.15, -0.1) is 0 Å². The molecule has 1 atom stereocenters. The maximum absolute atomic E-state index is 5.87. The van der Waals surface area contributed by atoms with Crippen LogP contribution in [-0.2, 0) is 0 Å². The molecule has 0 spiro atoms. The minimum Gasteiger partial charge on any atom is -0.397 e. The summed E-state index contributed by atoms with van der Waals surface area (Å²) in [6, 6.07) is 5.99. The van der Waals surface area contributed by atoms with Crippen molar-refractivity contribution in [3.63, 3.8) is 0 Å². The third-order valence-corrected chi connectivity index (χ3v) is 3.48. The van der Waals surface area contributed by atoms with Crippen LogP contribution in [-0.4, -0.2) is 17.5 Å². The maximum atomic E-state index is 5.87. The second-order valence-corrected chi connectivity index (χ2v) is 5.59. The van der Waals surface area contributed by atoms with Gasteiger partial charge in [0.15, 0.2) is 0 Å². The number of nitrogens with one attached hydrogen (secondary N) is 1. The molecule has 1 rings (SSSR count). The van der Waals surface area contributed by atoms with E-state index in [4.69, 9.17) is 17.3 Å². The van der Waals surface area contributed by atoms with Crippen LogP contribution in [0.3, 0.4) is 0 Å².